The number of carbonyl (C=O) groups is 4. The van der Waals surface area contributed by atoms with Crippen molar-refractivity contribution in [3.05, 3.63) is 11.6 Å². The van der Waals surface area contributed by atoms with Gasteiger partial charge in [0.2, 0.25) is 5.78 Å². The summed E-state index contributed by atoms with van der Waals surface area (Å²) < 4.78 is 16.8. The Bertz CT molecular complexity index is 831. The zero-order chi connectivity index (χ0) is 20.6. The molecule has 4 aliphatic rings. The first-order valence-corrected chi connectivity index (χ1v) is 10.2. The van der Waals surface area contributed by atoms with Gasteiger partial charge in [0.1, 0.15) is 0 Å². The monoisotopic (exact) mass is 390 g/mol. The third-order valence-electron chi connectivity index (χ3n) is 8.63. The number of alkyl halides is 1. The van der Waals surface area contributed by atoms with Gasteiger partial charge in [-0.25, -0.2) is 9.18 Å². The Labute approximate surface area is 163 Å². The summed E-state index contributed by atoms with van der Waals surface area (Å²) in [5.41, 5.74) is -3.12. The number of hydrogen-bond donors (Lipinski definition) is 1. The number of rotatable bonds is 2. The van der Waals surface area contributed by atoms with Gasteiger partial charge in [-0.3, -0.25) is 14.4 Å². The number of hydrogen-bond acceptors (Lipinski definition) is 4. The van der Waals surface area contributed by atoms with Crippen molar-refractivity contribution in [3.8, 4) is 0 Å². The average Bonchev–Trinajstić information content (AvgIpc) is 2.86. The van der Waals surface area contributed by atoms with Crippen LogP contribution in [0, 0.1) is 34.5 Å². The fraction of sp³-hybridized carbons (Fsp3) is 0.727. The molecule has 0 heterocycles. The van der Waals surface area contributed by atoms with Crippen LogP contribution in [0.25, 0.3) is 0 Å². The standard InChI is InChI=1S/C22H27FO5/c1-11-8-15-14-5-4-12-9-13(24)6-7-21(12,3)22(14,23)16(25)10-20(15,2)17(11)18(26)19(27)28/h9,11,14-15,17H,4-8,10H2,1-3H3,(H,27,28)/t11?,14-,15-,17+,20-,21-,22-/m0/s1. The second kappa shape index (κ2) is 5.83. The van der Waals surface area contributed by atoms with Gasteiger partial charge in [0.25, 0.3) is 0 Å². The van der Waals surface area contributed by atoms with E-state index >= 15 is 4.39 Å². The smallest absolute Gasteiger partial charge is 0.372 e. The number of Topliss-reactive ketones (excluding diaryl/α,β-unsaturated/α-hetero) is 2. The fourth-order valence-corrected chi connectivity index (χ4v) is 7.35. The maximum Gasteiger partial charge on any atom is 0.372 e. The summed E-state index contributed by atoms with van der Waals surface area (Å²) in [6.07, 6.45) is 3.57. The number of carboxylic acids is 1. The Balaban J connectivity index is 1.80. The molecule has 0 aromatic heterocycles. The van der Waals surface area contributed by atoms with Crippen LogP contribution < -0.4 is 0 Å². The molecule has 0 aromatic rings. The molecule has 0 bridgehead atoms. The van der Waals surface area contributed by atoms with Gasteiger partial charge in [-0.1, -0.05) is 26.3 Å². The Morgan fingerprint density at radius 1 is 1.18 bits per heavy atom. The highest BCUT2D eigenvalue weighted by Crippen LogP contribution is 2.69. The van der Waals surface area contributed by atoms with Gasteiger partial charge in [0.15, 0.2) is 17.2 Å². The summed E-state index contributed by atoms with van der Waals surface area (Å²) in [7, 11) is 0. The zero-order valence-corrected chi connectivity index (χ0v) is 16.6. The van der Waals surface area contributed by atoms with Crippen LogP contribution in [-0.2, 0) is 19.2 Å². The van der Waals surface area contributed by atoms with Gasteiger partial charge in [-0.15, -0.1) is 0 Å². The molecule has 4 aliphatic carbocycles. The Hall–Kier alpha value is -1.85. The van der Waals surface area contributed by atoms with Crippen molar-refractivity contribution in [3.63, 3.8) is 0 Å². The third kappa shape index (κ3) is 2.17. The number of fused-ring (bicyclic) bond motifs is 5. The molecule has 4 rings (SSSR count). The first kappa shape index (κ1) is 19.5. The van der Waals surface area contributed by atoms with Crippen LogP contribution in [0.1, 0.15) is 59.3 Å². The van der Waals surface area contributed by atoms with Gasteiger partial charge >= 0.3 is 5.97 Å². The minimum absolute atomic E-state index is 0.00997. The summed E-state index contributed by atoms with van der Waals surface area (Å²) in [5.74, 6) is -4.58. The number of halogens is 1. The second-order valence-corrected chi connectivity index (χ2v) is 9.90. The number of aliphatic carboxylic acids is 1. The largest absolute Gasteiger partial charge is 0.475 e. The summed E-state index contributed by atoms with van der Waals surface area (Å²) in [4.78, 5) is 49.1. The molecule has 0 aromatic carbocycles. The quantitative estimate of drug-likeness (QED) is 0.731. The summed E-state index contributed by atoms with van der Waals surface area (Å²) in [5, 5.41) is 9.29. The van der Waals surface area contributed by atoms with Crippen LogP contribution in [0.3, 0.4) is 0 Å². The number of carbonyl (C=O) groups excluding carboxylic acids is 3. The van der Waals surface area contributed by atoms with Gasteiger partial charge in [0.05, 0.1) is 0 Å². The predicted octanol–water partition coefficient (Wildman–Crippen LogP) is 3.31. The van der Waals surface area contributed by atoms with Crippen LogP contribution in [-0.4, -0.2) is 34.1 Å². The molecule has 6 heteroatoms. The minimum Gasteiger partial charge on any atom is -0.475 e. The van der Waals surface area contributed by atoms with E-state index < -0.39 is 45.9 Å². The maximum atomic E-state index is 16.8. The molecule has 0 spiro atoms. The second-order valence-electron chi connectivity index (χ2n) is 9.90. The average molecular weight is 390 g/mol. The van der Waals surface area contributed by atoms with E-state index in [1.54, 1.807) is 6.92 Å². The van der Waals surface area contributed by atoms with Crippen molar-refractivity contribution in [1.29, 1.82) is 0 Å². The van der Waals surface area contributed by atoms with Crippen molar-refractivity contribution in [1.82, 2.24) is 0 Å². The van der Waals surface area contributed by atoms with Crippen molar-refractivity contribution in [2.24, 2.45) is 34.5 Å². The van der Waals surface area contributed by atoms with Crippen LogP contribution >= 0.6 is 0 Å². The number of allylic oxidation sites excluding steroid dienone is 1. The van der Waals surface area contributed by atoms with E-state index in [1.807, 2.05) is 13.8 Å². The summed E-state index contributed by atoms with van der Waals surface area (Å²) >= 11 is 0. The van der Waals surface area contributed by atoms with E-state index in [0.717, 1.165) is 5.57 Å². The van der Waals surface area contributed by atoms with Crippen molar-refractivity contribution >= 4 is 23.3 Å². The van der Waals surface area contributed by atoms with Crippen LogP contribution in [0.5, 0.6) is 0 Å². The van der Waals surface area contributed by atoms with Crippen molar-refractivity contribution < 1.29 is 28.7 Å². The maximum absolute atomic E-state index is 16.8. The van der Waals surface area contributed by atoms with Crippen molar-refractivity contribution in [2.75, 3.05) is 0 Å². The minimum atomic E-state index is -2.05. The molecule has 1 N–H and O–H groups in total. The third-order valence-corrected chi connectivity index (χ3v) is 8.63. The number of ketones is 3. The van der Waals surface area contributed by atoms with E-state index in [1.165, 1.54) is 6.08 Å². The van der Waals surface area contributed by atoms with Gasteiger partial charge in [0, 0.05) is 30.1 Å². The topological polar surface area (TPSA) is 88.5 Å². The molecule has 0 aliphatic heterocycles. The Morgan fingerprint density at radius 2 is 1.86 bits per heavy atom. The summed E-state index contributed by atoms with van der Waals surface area (Å²) in [6, 6.07) is 0. The van der Waals surface area contributed by atoms with E-state index in [4.69, 9.17) is 0 Å². The number of carboxylic acid groups (broad SMARTS) is 1. The highest BCUT2D eigenvalue weighted by Gasteiger charge is 2.72. The summed E-state index contributed by atoms with van der Waals surface area (Å²) in [6.45, 7) is 5.42. The molecular formula is C22H27FO5. The lowest BCUT2D eigenvalue weighted by Crippen LogP contribution is -2.65. The lowest BCUT2D eigenvalue weighted by atomic mass is 9.44. The van der Waals surface area contributed by atoms with Gasteiger partial charge in [-0.05, 0) is 49.0 Å². The van der Waals surface area contributed by atoms with Crippen molar-refractivity contribution in [2.45, 2.75) is 65.0 Å². The molecule has 3 fully saturated rings. The first-order chi connectivity index (χ1) is 13.0. The van der Waals surface area contributed by atoms with Crippen LogP contribution in [0.15, 0.2) is 11.6 Å². The molecule has 28 heavy (non-hydrogen) atoms. The van der Waals surface area contributed by atoms with Crippen LogP contribution in [0.2, 0.25) is 0 Å². The SMILES string of the molecule is CC1C[C@H]2[C@@H]3CCC4=CC(=O)CC[C@]4(C)[C@@]3(F)C(=O)C[C@]2(C)[C@H]1C(=O)C(=O)O. The lowest BCUT2D eigenvalue weighted by molar-refractivity contribution is -0.175. The lowest BCUT2D eigenvalue weighted by Gasteiger charge is -2.59. The normalized spacial score (nSPS) is 47.6. The molecular weight excluding hydrogens is 363 g/mol. The predicted molar refractivity (Wildman–Crippen MR) is 98.1 cm³/mol. The first-order valence-electron chi connectivity index (χ1n) is 10.2. The van der Waals surface area contributed by atoms with Gasteiger partial charge in [-0.2, -0.15) is 0 Å². The molecule has 7 atom stereocenters. The molecule has 0 saturated heterocycles. The molecule has 152 valence electrons. The molecule has 3 saturated carbocycles. The van der Waals surface area contributed by atoms with Crippen LogP contribution in [0.4, 0.5) is 4.39 Å². The van der Waals surface area contributed by atoms with E-state index in [-0.39, 0.29) is 30.5 Å². The zero-order valence-electron chi connectivity index (χ0n) is 16.6. The highest BCUT2D eigenvalue weighted by atomic mass is 19.1. The van der Waals surface area contributed by atoms with E-state index in [0.29, 0.717) is 25.7 Å². The fourth-order valence-electron chi connectivity index (χ4n) is 7.35. The molecule has 0 amide bonds. The highest BCUT2D eigenvalue weighted by molar-refractivity contribution is 6.34. The molecule has 0 radical (unpaired) electrons. The molecule has 5 nitrogen and oxygen atoms in total. The van der Waals surface area contributed by atoms with E-state index in [9.17, 15) is 24.3 Å². The van der Waals surface area contributed by atoms with E-state index in [2.05, 4.69) is 0 Å². The van der Waals surface area contributed by atoms with Gasteiger partial charge < -0.3 is 5.11 Å². The molecule has 1 unspecified atom stereocenters. The Morgan fingerprint density at radius 3 is 2.50 bits per heavy atom. The Kier molecular flexibility index (Phi) is 4.05.